The van der Waals surface area contributed by atoms with Crippen LogP contribution in [0.3, 0.4) is 0 Å². The van der Waals surface area contributed by atoms with Gasteiger partial charge in [-0.1, -0.05) is 39.8 Å². The molecule has 2 aliphatic rings. The fraction of sp³-hybridized carbons (Fsp3) is 0.158. The fourth-order valence-electron chi connectivity index (χ4n) is 2.94. The number of rotatable bonds is 3. The Morgan fingerprint density at radius 3 is 2.41 bits per heavy atom. The summed E-state index contributed by atoms with van der Waals surface area (Å²) in [5.74, 6) is -0.232. The number of fused-ring (bicyclic) bond motifs is 1. The summed E-state index contributed by atoms with van der Waals surface area (Å²) in [5, 5.41) is 0.957. The van der Waals surface area contributed by atoms with Gasteiger partial charge in [0, 0.05) is 23.0 Å². The SMILES string of the molecule is CCN1C(=O)/C(=C2\Sc3ccccc3N2C)S/C1=N/S(=O)(=O)c1ccc(Br)cc1. The van der Waals surface area contributed by atoms with Gasteiger partial charge in [-0.3, -0.25) is 9.69 Å². The molecule has 29 heavy (non-hydrogen) atoms. The molecule has 2 aromatic carbocycles. The molecule has 0 radical (unpaired) electrons. The second kappa shape index (κ2) is 7.82. The van der Waals surface area contributed by atoms with Crippen molar-refractivity contribution in [2.75, 3.05) is 18.5 Å². The normalized spacial score (nSPS) is 20.7. The van der Waals surface area contributed by atoms with Gasteiger partial charge in [0.2, 0.25) is 0 Å². The molecule has 0 bridgehead atoms. The molecule has 0 atom stereocenters. The fourth-order valence-corrected chi connectivity index (χ4v) is 6.80. The summed E-state index contributed by atoms with van der Waals surface area (Å²) in [6.07, 6.45) is 0. The first-order valence-corrected chi connectivity index (χ1v) is 12.5. The summed E-state index contributed by atoms with van der Waals surface area (Å²) < 4.78 is 30.3. The summed E-state index contributed by atoms with van der Waals surface area (Å²) in [5.41, 5.74) is 1.02. The average molecular weight is 510 g/mol. The third kappa shape index (κ3) is 3.74. The van der Waals surface area contributed by atoms with E-state index < -0.39 is 10.0 Å². The van der Waals surface area contributed by atoms with Gasteiger partial charge in [-0.2, -0.15) is 8.42 Å². The minimum absolute atomic E-state index is 0.0816. The van der Waals surface area contributed by atoms with Crippen LogP contribution in [-0.4, -0.2) is 38.0 Å². The minimum Gasteiger partial charge on any atom is -0.337 e. The number of thioether (sulfide) groups is 2. The van der Waals surface area contributed by atoms with Crippen molar-refractivity contribution >= 4 is 66.2 Å². The molecule has 6 nitrogen and oxygen atoms in total. The Morgan fingerprint density at radius 1 is 1.07 bits per heavy atom. The Bertz CT molecular complexity index is 1160. The lowest BCUT2D eigenvalue weighted by molar-refractivity contribution is -0.122. The van der Waals surface area contributed by atoms with Crippen molar-refractivity contribution in [3.05, 3.63) is 62.9 Å². The number of likely N-dealkylation sites (N-methyl/N-ethyl adjacent to an activating group) is 1. The van der Waals surface area contributed by atoms with E-state index in [1.807, 2.05) is 36.2 Å². The van der Waals surface area contributed by atoms with Crippen LogP contribution in [-0.2, 0) is 14.8 Å². The van der Waals surface area contributed by atoms with E-state index in [4.69, 9.17) is 0 Å². The van der Waals surface area contributed by atoms with Crippen LogP contribution >= 0.6 is 39.5 Å². The second-order valence-electron chi connectivity index (χ2n) is 6.22. The van der Waals surface area contributed by atoms with Crippen molar-refractivity contribution in [2.45, 2.75) is 16.7 Å². The van der Waals surface area contributed by atoms with Gasteiger partial charge in [0.1, 0.15) is 4.91 Å². The van der Waals surface area contributed by atoms with Crippen molar-refractivity contribution in [1.29, 1.82) is 0 Å². The number of anilines is 1. The molecule has 150 valence electrons. The van der Waals surface area contributed by atoms with Gasteiger partial charge < -0.3 is 4.90 Å². The number of amidine groups is 1. The molecule has 2 heterocycles. The molecule has 0 spiro atoms. The quantitative estimate of drug-likeness (QED) is 0.567. The smallest absolute Gasteiger partial charge is 0.284 e. The number of sulfonamides is 1. The highest BCUT2D eigenvalue weighted by molar-refractivity contribution is 9.10. The zero-order chi connectivity index (χ0) is 20.8. The van der Waals surface area contributed by atoms with Crippen LogP contribution < -0.4 is 4.90 Å². The van der Waals surface area contributed by atoms with Gasteiger partial charge in [0.15, 0.2) is 5.17 Å². The Labute approximate surface area is 186 Å². The Balaban J connectivity index is 1.73. The maximum atomic E-state index is 13.0. The number of nitrogens with zero attached hydrogens (tertiary/aromatic N) is 3. The van der Waals surface area contributed by atoms with Gasteiger partial charge >= 0.3 is 0 Å². The van der Waals surface area contributed by atoms with E-state index in [9.17, 15) is 13.2 Å². The first-order valence-electron chi connectivity index (χ1n) is 8.67. The third-order valence-electron chi connectivity index (χ3n) is 4.42. The van der Waals surface area contributed by atoms with Gasteiger partial charge in [-0.15, -0.1) is 4.40 Å². The lowest BCUT2D eigenvalue weighted by Crippen LogP contribution is -2.30. The lowest BCUT2D eigenvalue weighted by atomic mass is 10.3. The lowest BCUT2D eigenvalue weighted by Gasteiger charge is -2.15. The topological polar surface area (TPSA) is 70.1 Å². The first kappa shape index (κ1) is 20.5. The first-order chi connectivity index (χ1) is 13.8. The molecule has 0 saturated carbocycles. The van der Waals surface area contributed by atoms with Crippen LogP contribution in [0.25, 0.3) is 0 Å². The van der Waals surface area contributed by atoms with Crippen LogP contribution in [0.15, 0.2) is 77.1 Å². The number of para-hydroxylation sites is 1. The van der Waals surface area contributed by atoms with Crippen LogP contribution in [0.1, 0.15) is 6.92 Å². The molecule has 2 aliphatic heterocycles. The summed E-state index contributed by atoms with van der Waals surface area (Å²) in [6, 6.07) is 14.1. The molecule has 2 aromatic rings. The number of carbonyl (C=O) groups excluding carboxylic acids is 1. The minimum atomic E-state index is -3.93. The van der Waals surface area contributed by atoms with E-state index in [0.29, 0.717) is 11.4 Å². The highest BCUT2D eigenvalue weighted by Crippen LogP contribution is 2.49. The highest BCUT2D eigenvalue weighted by atomic mass is 79.9. The molecule has 0 unspecified atom stereocenters. The van der Waals surface area contributed by atoms with Crippen LogP contribution in [0.4, 0.5) is 5.69 Å². The Hall–Kier alpha value is -1.75. The van der Waals surface area contributed by atoms with E-state index in [0.717, 1.165) is 31.8 Å². The van der Waals surface area contributed by atoms with E-state index in [-0.39, 0.29) is 16.0 Å². The number of hydrogen-bond acceptors (Lipinski definition) is 6. The molecular weight excluding hydrogens is 494 g/mol. The number of amides is 1. The maximum Gasteiger partial charge on any atom is 0.284 e. The van der Waals surface area contributed by atoms with Gasteiger partial charge in [0.25, 0.3) is 15.9 Å². The predicted octanol–water partition coefficient (Wildman–Crippen LogP) is 4.50. The van der Waals surface area contributed by atoms with E-state index in [2.05, 4.69) is 20.3 Å². The second-order valence-corrected chi connectivity index (χ2v) is 10.7. The van der Waals surface area contributed by atoms with Gasteiger partial charge in [0.05, 0.1) is 15.6 Å². The molecule has 1 saturated heterocycles. The summed E-state index contributed by atoms with van der Waals surface area (Å²) in [7, 11) is -2.03. The Kier molecular flexibility index (Phi) is 5.54. The van der Waals surface area contributed by atoms with Crippen LogP contribution in [0, 0.1) is 0 Å². The molecule has 1 amide bonds. The molecule has 10 heteroatoms. The molecule has 0 N–H and O–H groups in total. The molecule has 0 aliphatic carbocycles. The van der Waals surface area contributed by atoms with E-state index >= 15 is 0 Å². The van der Waals surface area contributed by atoms with Crippen molar-refractivity contribution in [1.82, 2.24) is 4.90 Å². The van der Waals surface area contributed by atoms with Crippen molar-refractivity contribution in [2.24, 2.45) is 4.40 Å². The number of halogens is 1. The largest absolute Gasteiger partial charge is 0.337 e. The standard InChI is InChI=1S/C19H16BrN3O3S3/c1-3-23-17(24)16(18-22(2)14-6-4-5-7-15(14)27-18)28-19(23)21-29(25,26)13-10-8-12(20)9-11-13/h4-11H,3H2,1-2H3/b18-16+,21-19+. The monoisotopic (exact) mass is 509 g/mol. The predicted molar refractivity (Wildman–Crippen MR) is 121 cm³/mol. The summed E-state index contributed by atoms with van der Waals surface area (Å²) >= 11 is 5.90. The Morgan fingerprint density at radius 2 is 1.76 bits per heavy atom. The number of hydrogen-bond donors (Lipinski definition) is 0. The highest BCUT2D eigenvalue weighted by Gasteiger charge is 2.39. The maximum absolute atomic E-state index is 13.0. The van der Waals surface area contributed by atoms with Crippen LogP contribution in [0.5, 0.6) is 0 Å². The van der Waals surface area contributed by atoms with Gasteiger partial charge in [-0.25, -0.2) is 0 Å². The van der Waals surface area contributed by atoms with Crippen LogP contribution in [0.2, 0.25) is 0 Å². The van der Waals surface area contributed by atoms with E-state index in [1.165, 1.54) is 28.8 Å². The van der Waals surface area contributed by atoms with Crippen molar-refractivity contribution < 1.29 is 13.2 Å². The summed E-state index contributed by atoms with van der Waals surface area (Å²) in [4.78, 5) is 18.0. The van der Waals surface area contributed by atoms with Gasteiger partial charge in [-0.05, 0) is 55.1 Å². The molecule has 4 rings (SSSR count). The third-order valence-corrected chi connectivity index (χ3v) is 8.78. The number of carbonyl (C=O) groups is 1. The van der Waals surface area contributed by atoms with Crippen molar-refractivity contribution in [3.63, 3.8) is 0 Å². The molecule has 0 aromatic heterocycles. The molecule has 1 fully saturated rings. The zero-order valence-corrected chi connectivity index (χ0v) is 19.5. The molecular formula is C19H16BrN3O3S3. The van der Waals surface area contributed by atoms with E-state index in [1.54, 1.807) is 19.1 Å². The average Bonchev–Trinajstić information content (AvgIpc) is 3.18. The summed E-state index contributed by atoms with van der Waals surface area (Å²) in [6.45, 7) is 2.13. The number of benzene rings is 2. The zero-order valence-electron chi connectivity index (χ0n) is 15.5. The van der Waals surface area contributed by atoms with Crippen molar-refractivity contribution in [3.8, 4) is 0 Å².